The van der Waals surface area contributed by atoms with E-state index >= 15 is 0 Å². The van der Waals surface area contributed by atoms with Crippen LogP contribution in [-0.4, -0.2) is 17.8 Å². The SMILES string of the molecule is C1=CN=C(CNC23CC4CC(CC(C4)C2)C3)C1. The summed E-state index contributed by atoms with van der Waals surface area (Å²) in [6, 6.07) is 0. The monoisotopic (exact) mass is 230 g/mol. The largest absolute Gasteiger partial charge is 0.306 e. The smallest absolute Gasteiger partial charge is 0.0355 e. The van der Waals surface area contributed by atoms with Crippen LogP contribution in [0.5, 0.6) is 0 Å². The second-order valence-electron chi connectivity index (χ2n) is 6.84. The fraction of sp³-hybridized carbons (Fsp3) is 0.800. The molecule has 1 N–H and O–H groups in total. The van der Waals surface area contributed by atoms with Gasteiger partial charge < -0.3 is 5.32 Å². The molecule has 1 aliphatic heterocycles. The average molecular weight is 230 g/mol. The number of hydrogen-bond acceptors (Lipinski definition) is 2. The van der Waals surface area contributed by atoms with Crippen molar-refractivity contribution < 1.29 is 0 Å². The summed E-state index contributed by atoms with van der Waals surface area (Å²) < 4.78 is 0. The minimum atomic E-state index is 0.500. The van der Waals surface area contributed by atoms with E-state index < -0.39 is 0 Å². The van der Waals surface area contributed by atoms with E-state index in [-0.39, 0.29) is 0 Å². The molecule has 0 aromatic rings. The number of nitrogens with one attached hydrogen (secondary N) is 1. The van der Waals surface area contributed by atoms with Crippen molar-refractivity contribution in [2.75, 3.05) is 6.54 Å². The van der Waals surface area contributed by atoms with Gasteiger partial charge in [-0.2, -0.15) is 0 Å². The molecule has 0 saturated heterocycles. The number of allylic oxidation sites excluding steroid dienone is 1. The molecule has 0 unspecified atom stereocenters. The summed E-state index contributed by atoms with van der Waals surface area (Å²) in [4.78, 5) is 4.43. The lowest BCUT2D eigenvalue weighted by Crippen LogP contribution is -2.59. The summed E-state index contributed by atoms with van der Waals surface area (Å²) in [6.45, 7) is 1.03. The molecule has 4 aliphatic carbocycles. The molecular weight excluding hydrogens is 208 g/mol. The van der Waals surface area contributed by atoms with Crippen LogP contribution in [-0.2, 0) is 0 Å². The van der Waals surface area contributed by atoms with E-state index in [0.29, 0.717) is 5.54 Å². The summed E-state index contributed by atoms with van der Waals surface area (Å²) in [5.41, 5.74) is 1.83. The average Bonchev–Trinajstić information content (AvgIpc) is 2.77. The van der Waals surface area contributed by atoms with Crippen molar-refractivity contribution in [3.8, 4) is 0 Å². The first kappa shape index (κ1) is 10.3. The molecule has 2 nitrogen and oxygen atoms in total. The molecule has 5 aliphatic rings. The van der Waals surface area contributed by atoms with E-state index in [4.69, 9.17) is 0 Å². The van der Waals surface area contributed by atoms with Crippen LogP contribution in [0.2, 0.25) is 0 Å². The maximum Gasteiger partial charge on any atom is 0.0355 e. The van der Waals surface area contributed by atoms with Crippen molar-refractivity contribution >= 4 is 5.71 Å². The van der Waals surface area contributed by atoms with Crippen molar-refractivity contribution in [3.05, 3.63) is 12.3 Å². The zero-order valence-electron chi connectivity index (χ0n) is 10.5. The van der Waals surface area contributed by atoms with Crippen molar-refractivity contribution in [2.24, 2.45) is 22.7 Å². The van der Waals surface area contributed by atoms with Crippen LogP contribution >= 0.6 is 0 Å². The number of nitrogens with zero attached hydrogens (tertiary/aromatic N) is 1. The zero-order chi connectivity index (χ0) is 11.3. The fourth-order valence-electron chi connectivity index (χ4n) is 5.13. The van der Waals surface area contributed by atoms with Gasteiger partial charge in [0.25, 0.3) is 0 Å². The molecule has 17 heavy (non-hydrogen) atoms. The Morgan fingerprint density at radius 3 is 2.29 bits per heavy atom. The van der Waals surface area contributed by atoms with E-state index in [0.717, 1.165) is 30.7 Å². The molecule has 2 heteroatoms. The van der Waals surface area contributed by atoms with E-state index in [1.54, 1.807) is 0 Å². The van der Waals surface area contributed by atoms with Gasteiger partial charge in [0.05, 0.1) is 0 Å². The lowest BCUT2D eigenvalue weighted by molar-refractivity contribution is -0.0173. The minimum absolute atomic E-state index is 0.500. The predicted molar refractivity (Wildman–Crippen MR) is 70.1 cm³/mol. The first-order valence-electron chi connectivity index (χ1n) is 7.27. The fourth-order valence-corrected chi connectivity index (χ4v) is 5.13. The molecule has 5 rings (SSSR count). The number of aliphatic imine (C=N–C) groups is 1. The van der Waals surface area contributed by atoms with Gasteiger partial charge in [-0.1, -0.05) is 6.08 Å². The third-order valence-electron chi connectivity index (χ3n) is 5.42. The van der Waals surface area contributed by atoms with E-state index in [1.807, 2.05) is 6.20 Å². The van der Waals surface area contributed by atoms with Gasteiger partial charge in [-0.15, -0.1) is 0 Å². The minimum Gasteiger partial charge on any atom is -0.306 e. The molecule has 0 amide bonds. The Hall–Kier alpha value is -0.630. The highest BCUT2D eigenvalue weighted by Gasteiger charge is 2.50. The summed E-state index contributed by atoms with van der Waals surface area (Å²) in [6.07, 6.45) is 14.1. The van der Waals surface area contributed by atoms with Crippen LogP contribution in [0.15, 0.2) is 17.3 Å². The lowest BCUT2D eigenvalue weighted by Gasteiger charge is -2.57. The van der Waals surface area contributed by atoms with Gasteiger partial charge in [0, 0.05) is 30.4 Å². The number of hydrogen-bond donors (Lipinski definition) is 1. The quantitative estimate of drug-likeness (QED) is 0.792. The Morgan fingerprint density at radius 1 is 1.12 bits per heavy atom. The van der Waals surface area contributed by atoms with Crippen LogP contribution in [0, 0.1) is 17.8 Å². The lowest BCUT2D eigenvalue weighted by atomic mass is 9.53. The maximum absolute atomic E-state index is 4.43. The first-order valence-corrected chi connectivity index (χ1v) is 7.27. The van der Waals surface area contributed by atoms with Gasteiger partial charge in [0.2, 0.25) is 0 Å². The van der Waals surface area contributed by atoms with Gasteiger partial charge in [-0.25, -0.2) is 0 Å². The zero-order valence-corrected chi connectivity index (χ0v) is 10.5. The Kier molecular flexibility index (Phi) is 2.23. The van der Waals surface area contributed by atoms with Gasteiger partial charge in [0.15, 0.2) is 0 Å². The summed E-state index contributed by atoms with van der Waals surface area (Å²) in [5.74, 6) is 3.12. The predicted octanol–water partition coefficient (Wildman–Crippen LogP) is 2.90. The third-order valence-corrected chi connectivity index (χ3v) is 5.42. The molecule has 1 heterocycles. The standard InChI is InChI=1S/C15H22N2/c1-2-14(16-3-1)10-17-15-7-11-4-12(8-15)6-13(5-11)9-15/h1,3,11-13,17H,2,4-10H2. The molecule has 0 atom stereocenters. The van der Waals surface area contributed by atoms with Crippen molar-refractivity contribution in [1.82, 2.24) is 5.32 Å². The highest BCUT2D eigenvalue weighted by molar-refractivity contribution is 5.89. The molecule has 4 saturated carbocycles. The van der Waals surface area contributed by atoms with Crippen LogP contribution in [0.25, 0.3) is 0 Å². The molecule has 0 aromatic heterocycles. The first-order chi connectivity index (χ1) is 8.31. The van der Waals surface area contributed by atoms with Gasteiger partial charge in [-0.3, -0.25) is 4.99 Å². The van der Waals surface area contributed by atoms with Gasteiger partial charge in [-0.05, 0) is 56.3 Å². The molecule has 4 fully saturated rings. The molecule has 4 bridgehead atoms. The van der Waals surface area contributed by atoms with Crippen LogP contribution < -0.4 is 5.32 Å². The Bertz CT molecular complexity index is 345. The second kappa shape index (κ2) is 3.68. The summed E-state index contributed by atoms with van der Waals surface area (Å²) >= 11 is 0. The van der Waals surface area contributed by atoms with Crippen LogP contribution in [0.3, 0.4) is 0 Å². The van der Waals surface area contributed by atoms with Crippen molar-refractivity contribution in [1.29, 1.82) is 0 Å². The highest BCUT2D eigenvalue weighted by atomic mass is 15.0. The van der Waals surface area contributed by atoms with Gasteiger partial charge >= 0.3 is 0 Å². The normalized spacial score (nSPS) is 46.6. The van der Waals surface area contributed by atoms with Crippen LogP contribution in [0.4, 0.5) is 0 Å². The molecule has 0 aromatic carbocycles. The highest BCUT2D eigenvalue weighted by Crippen LogP contribution is 2.55. The van der Waals surface area contributed by atoms with Crippen molar-refractivity contribution in [3.63, 3.8) is 0 Å². The topological polar surface area (TPSA) is 24.4 Å². The summed E-state index contributed by atoms with van der Waals surface area (Å²) in [5, 5.41) is 3.90. The molecule has 0 spiro atoms. The maximum atomic E-state index is 4.43. The van der Waals surface area contributed by atoms with E-state index in [9.17, 15) is 0 Å². The van der Waals surface area contributed by atoms with E-state index in [1.165, 1.54) is 44.2 Å². The van der Waals surface area contributed by atoms with E-state index in [2.05, 4.69) is 16.4 Å². The van der Waals surface area contributed by atoms with Gasteiger partial charge in [0.1, 0.15) is 0 Å². The molecule has 0 radical (unpaired) electrons. The van der Waals surface area contributed by atoms with Crippen molar-refractivity contribution in [2.45, 2.75) is 50.5 Å². The molecule has 92 valence electrons. The molecular formula is C15H22N2. The Morgan fingerprint density at radius 2 is 1.76 bits per heavy atom. The Balaban J connectivity index is 1.45. The second-order valence-corrected chi connectivity index (χ2v) is 6.84. The summed E-state index contributed by atoms with van der Waals surface area (Å²) in [7, 11) is 0. The number of rotatable bonds is 3. The third kappa shape index (κ3) is 1.77. The Labute approximate surface area is 104 Å². The van der Waals surface area contributed by atoms with Crippen LogP contribution in [0.1, 0.15) is 44.9 Å².